The number of hydrogen-bond donors (Lipinski definition) is 2. The lowest BCUT2D eigenvalue weighted by Crippen LogP contribution is -2.52. The van der Waals surface area contributed by atoms with E-state index in [1.165, 1.54) is 12.0 Å². The van der Waals surface area contributed by atoms with E-state index >= 15 is 0 Å². The van der Waals surface area contributed by atoms with Crippen molar-refractivity contribution >= 4 is 34.6 Å². The van der Waals surface area contributed by atoms with Crippen LogP contribution in [0.5, 0.6) is 0 Å². The van der Waals surface area contributed by atoms with Gasteiger partial charge < -0.3 is 14.6 Å². The summed E-state index contributed by atoms with van der Waals surface area (Å²) in [7, 11) is 1.33. The molecule has 1 unspecified atom stereocenters. The molecule has 1 saturated heterocycles. The molecule has 180 valence electrons. The number of aromatic nitrogens is 4. The number of hydrogen-bond acceptors (Lipinski definition) is 7. The van der Waals surface area contributed by atoms with E-state index in [1.54, 1.807) is 23.0 Å². The lowest BCUT2D eigenvalue weighted by atomic mass is 10.0. The molecule has 2 aromatic heterocycles. The number of H-pyrrole nitrogens is 1. The number of rotatable bonds is 4. The Hall–Kier alpha value is -4.80. The lowest BCUT2D eigenvalue weighted by Gasteiger charge is -2.29. The van der Waals surface area contributed by atoms with Gasteiger partial charge in [-0.05, 0) is 36.2 Å². The van der Waals surface area contributed by atoms with Crippen LogP contribution in [0.25, 0.3) is 27.8 Å². The van der Waals surface area contributed by atoms with Crippen LogP contribution in [0.3, 0.4) is 0 Å². The average molecular weight is 484 g/mol. The van der Waals surface area contributed by atoms with Gasteiger partial charge in [0.05, 0.1) is 19.0 Å². The van der Waals surface area contributed by atoms with Gasteiger partial charge in [-0.2, -0.15) is 0 Å². The molecule has 2 N–H and O–H groups in total. The summed E-state index contributed by atoms with van der Waals surface area (Å²) in [5.74, 6) is -1.45. The molecular formula is C25H20N6O5. The first-order valence-electron chi connectivity index (χ1n) is 11.3. The summed E-state index contributed by atoms with van der Waals surface area (Å²) in [5.41, 5.74) is 4.50. The van der Waals surface area contributed by atoms with Crippen molar-refractivity contribution in [2.24, 2.45) is 0 Å². The minimum atomic E-state index is -0.661. The summed E-state index contributed by atoms with van der Waals surface area (Å²) in [6.45, 7) is 0.313. The zero-order valence-corrected chi connectivity index (χ0v) is 19.1. The Morgan fingerprint density at radius 2 is 1.97 bits per heavy atom. The second-order valence-corrected chi connectivity index (χ2v) is 8.77. The third kappa shape index (κ3) is 3.52. The van der Waals surface area contributed by atoms with Crippen molar-refractivity contribution in [3.63, 3.8) is 0 Å². The summed E-state index contributed by atoms with van der Waals surface area (Å²) in [5, 5.41) is 11.7. The van der Waals surface area contributed by atoms with E-state index in [0.29, 0.717) is 35.6 Å². The maximum atomic E-state index is 13.1. The minimum absolute atomic E-state index is 0.210. The molecule has 0 spiro atoms. The highest BCUT2D eigenvalue weighted by atomic mass is 16.5. The van der Waals surface area contributed by atoms with E-state index in [1.807, 2.05) is 30.3 Å². The molecule has 2 aliphatic heterocycles. The smallest absolute Gasteiger partial charge is 0.354 e. The van der Waals surface area contributed by atoms with Gasteiger partial charge in [-0.15, -0.1) is 5.10 Å². The van der Waals surface area contributed by atoms with E-state index in [-0.39, 0.29) is 18.2 Å². The predicted molar refractivity (Wildman–Crippen MR) is 126 cm³/mol. The van der Waals surface area contributed by atoms with Gasteiger partial charge in [0.15, 0.2) is 0 Å². The Kier molecular flexibility index (Phi) is 4.92. The van der Waals surface area contributed by atoms with Crippen LogP contribution in [0.2, 0.25) is 0 Å². The van der Waals surface area contributed by atoms with E-state index in [4.69, 9.17) is 4.74 Å². The maximum absolute atomic E-state index is 13.1. The van der Waals surface area contributed by atoms with Gasteiger partial charge in [0.1, 0.15) is 17.4 Å². The molecule has 36 heavy (non-hydrogen) atoms. The van der Waals surface area contributed by atoms with Crippen molar-refractivity contribution < 1.29 is 23.9 Å². The van der Waals surface area contributed by atoms with E-state index in [0.717, 1.165) is 22.0 Å². The number of benzene rings is 2. The van der Waals surface area contributed by atoms with Gasteiger partial charge in [-0.25, -0.2) is 9.48 Å². The van der Waals surface area contributed by atoms with E-state index in [2.05, 4.69) is 20.6 Å². The van der Waals surface area contributed by atoms with Crippen molar-refractivity contribution in [3.8, 4) is 16.9 Å². The summed E-state index contributed by atoms with van der Waals surface area (Å²) in [4.78, 5) is 53.2. The summed E-state index contributed by atoms with van der Waals surface area (Å²) >= 11 is 0. The number of ether oxygens (including phenoxy) is 1. The van der Waals surface area contributed by atoms with Crippen LogP contribution in [0, 0.1) is 0 Å². The Labute approximate surface area is 204 Å². The molecule has 11 heteroatoms. The number of imide groups is 1. The topological polar surface area (TPSA) is 139 Å². The highest BCUT2D eigenvalue weighted by molar-refractivity contribution is 6.05. The predicted octanol–water partition coefficient (Wildman–Crippen LogP) is 1.96. The van der Waals surface area contributed by atoms with Crippen molar-refractivity contribution in [2.75, 3.05) is 7.11 Å². The zero-order chi connectivity index (χ0) is 25.0. The molecule has 1 atom stereocenters. The van der Waals surface area contributed by atoms with Crippen LogP contribution < -0.4 is 5.32 Å². The number of carbonyl (C=O) groups is 4. The molecule has 6 rings (SSSR count). The molecule has 0 saturated carbocycles. The standard InChI is InChI=1S/C25H20N6O5/c1-36-25(35)19-9-13-2-3-14(8-18(13)26-19)20-12-31(29-28-20)16-5-4-15-11-30(24(34)17(15)10-16)21-6-7-22(32)27-23(21)33/h2-5,8-10,12,21,26H,6-7,11H2,1H3,(H,27,32,33). The maximum Gasteiger partial charge on any atom is 0.354 e. The molecule has 2 aliphatic rings. The number of methoxy groups -OCH3 is 1. The quantitative estimate of drug-likeness (QED) is 0.333. The number of nitrogens with one attached hydrogen (secondary N) is 2. The number of amides is 3. The van der Waals surface area contributed by atoms with Gasteiger partial charge in [0.2, 0.25) is 11.8 Å². The molecule has 2 aromatic carbocycles. The number of piperidine rings is 1. The first-order chi connectivity index (χ1) is 17.4. The minimum Gasteiger partial charge on any atom is -0.464 e. The van der Waals surface area contributed by atoms with Crippen LogP contribution in [0.4, 0.5) is 0 Å². The number of esters is 1. The van der Waals surface area contributed by atoms with Crippen molar-refractivity contribution in [2.45, 2.75) is 25.4 Å². The summed E-state index contributed by atoms with van der Waals surface area (Å²) < 4.78 is 6.35. The lowest BCUT2D eigenvalue weighted by molar-refractivity contribution is -0.136. The molecule has 0 radical (unpaired) electrons. The fourth-order valence-electron chi connectivity index (χ4n) is 4.71. The van der Waals surface area contributed by atoms with Crippen LogP contribution in [0.1, 0.15) is 39.3 Å². The second-order valence-electron chi connectivity index (χ2n) is 8.77. The number of carbonyl (C=O) groups excluding carboxylic acids is 4. The first-order valence-corrected chi connectivity index (χ1v) is 11.3. The van der Waals surface area contributed by atoms with Crippen LogP contribution in [-0.4, -0.2) is 61.7 Å². The second kappa shape index (κ2) is 8.15. The zero-order valence-electron chi connectivity index (χ0n) is 19.1. The third-order valence-electron chi connectivity index (χ3n) is 6.59. The van der Waals surface area contributed by atoms with Crippen molar-refractivity contribution in [3.05, 3.63) is 65.5 Å². The Morgan fingerprint density at radius 3 is 2.78 bits per heavy atom. The van der Waals surface area contributed by atoms with Crippen LogP contribution >= 0.6 is 0 Å². The Balaban J connectivity index is 1.26. The highest BCUT2D eigenvalue weighted by Crippen LogP contribution is 2.30. The molecule has 11 nitrogen and oxygen atoms in total. The molecule has 1 fully saturated rings. The van der Waals surface area contributed by atoms with Gasteiger partial charge in [-0.1, -0.05) is 23.4 Å². The van der Waals surface area contributed by atoms with E-state index in [9.17, 15) is 19.2 Å². The molecule has 4 aromatic rings. The van der Waals surface area contributed by atoms with Gasteiger partial charge in [0.25, 0.3) is 5.91 Å². The molecular weight excluding hydrogens is 464 g/mol. The number of nitrogens with zero attached hydrogens (tertiary/aromatic N) is 4. The molecule has 0 aliphatic carbocycles. The monoisotopic (exact) mass is 484 g/mol. The van der Waals surface area contributed by atoms with Gasteiger partial charge in [-0.3, -0.25) is 19.7 Å². The Morgan fingerprint density at radius 1 is 1.11 bits per heavy atom. The molecule has 4 heterocycles. The fourth-order valence-corrected chi connectivity index (χ4v) is 4.71. The average Bonchev–Trinajstić information content (AvgIpc) is 3.60. The van der Waals surface area contributed by atoms with Crippen molar-refractivity contribution in [1.82, 2.24) is 30.2 Å². The molecule has 3 amide bonds. The third-order valence-corrected chi connectivity index (χ3v) is 6.59. The fraction of sp³-hybridized carbons (Fsp3) is 0.200. The van der Waals surface area contributed by atoms with Crippen LogP contribution in [0.15, 0.2) is 48.7 Å². The SMILES string of the molecule is COC(=O)c1cc2ccc(-c3cn(-c4ccc5c(c4)C(=O)N(C4CCC(=O)NC4=O)C5)nn3)cc2[nH]1. The Bertz CT molecular complexity index is 1580. The largest absolute Gasteiger partial charge is 0.464 e. The summed E-state index contributed by atoms with van der Waals surface area (Å²) in [6, 6.07) is 12.1. The van der Waals surface area contributed by atoms with Crippen LogP contribution in [-0.2, 0) is 20.9 Å². The molecule has 0 bridgehead atoms. The van der Waals surface area contributed by atoms with Gasteiger partial charge >= 0.3 is 5.97 Å². The normalized spacial score (nSPS) is 17.4. The highest BCUT2D eigenvalue weighted by Gasteiger charge is 2.39. The first kappa shape index (κ1) is 21.7. The number of fused-ring (bicyclic) bond motifs is 2. The number of aromatic amines is 1. The van der Waals surface area contributed by atoms with Crippen molar-refractivity contribution in [1.29, 1.82) is 0 Å². The van der Waals surface area contributed by atoms with E-state index < -0.39 is 17.9 Å². The van der Waals surface area contributed by atoms with Gasteiger partial charge in [0, 0.05) is 35.0 Å². The summed E-state index contributed by atoms with van der Waals surface area (Å²) in [6.07, 6.45) is 2.28.